The van der Waals surface area contributed by atoms with Gasteiger partial charge in [0.15, 0.2) is 11.6 Å². The minimum atomic E-state index is -1.08. The van der Waals surface area contributed by atoms with E-state index >= 15 is 0 Å². The lowest BCUT2D eigenvalue weighted by molar-refractivity contribution is 0.102. The van der Waals surface area contributed by atoms with Crippen molar-refractivity contribution in [2.75, 3.05) is 5.32 Å². The third kappa shape index (κ3) is 3.96. The molecule has 0 saturated heterocycles. The number of fused-ring (bicyclic) bond motifs is 1. The van der Waals surface area contributed by atoms with Crippen molar-refractivity contribution in [3.63, 3.8) is 0 Å². The van der Waals surface area contributed by atoms with Crippen LogP contribution in [0.3, 0.4) is 0 Å². The second-order valence-electron chi connectivity index (χ2n) is 6.07. The molecule has 0 radical (unpaired) electrons. The van der Waals surface area contributed by atoms with Gasteiger partial charge < -0.3 is 14.8 Å². The van der Waals surface area contributed by atoms with Gasteiger partial charge in [0.25, 0.3) is 5.91 Å². The smallest absolute Gasteiger partial charge is 0.262 e. The number of aromatic nitrogens is 1. The van der Waals surface area contributed by atoms with Crippen LogP contribution in [-0.4, -0.2) is 16.0 Å². The molecule has 0 aliphatic heterocycles. The molecule has 4 aromatic rings. The second kappa shape index (κ2) is 7.51. The van der Waals surface area contributed by atoms with Crippen LogP contribution in [-0.2, 0) is 0 Å². The first-order chi connectivity index (χ1) is 14.0. The molecule has 2 aromatic carbocycles. The van der Waals surface area contributed by atoms with Gasteiger partial charge in [-0.15, -0.1) is 0 Å². The fraction of sp³-hybridized carbons (Fsp3) is 0. The first-order valence-electron chi connectivity index (χ1n) is 8.49. The number of hydrogen-bond acceptors (Lipinski definition) is 5. The van der Waals surface area contributed by atoms with Crippen LogP contribution >= 0.6 is 0 Å². The molecule has 0 saturated carbocycles. The van der Waals surface area contributed by atoms with Gasteiger partial charge in [0.2, 0.25) is 5.55 Å². The molecule has 144 valence electrons. The van der Waals surface area contributed by atoms with Gasteiger partial charge in [-0.1, -0.05) is 6.07 Å². The summed E-state index contributed by atoms with van der Waals surface area (Å²) in [5.41, 5.74) is 0.237. The van der Waals surface area contributed by atoms with Crippen molar-refractivity contribution in [3.8, 4) is 5.75 Å². The lowest BCUT2D eigenvalue weighted by Gasteiger charge is -2.06. The van der Waals surface area contributed by atoms with Crippen LogP contribution in [0.15, 0.2) is 76.3 Å². The number of halogens is 2. The fourth-order valence-electron chi connectivity index (χ4n) is 2.64. The highest BCUT2D eigenvalue weighted by molar-refractivity contribution is 6.05. The Morgan fingerprint density at radius 1 is 1.03 bits per heavy atom. The summed E-state index contributed by atoms with van der Waals surface area (Å²) >= 11 is 0. The molecule has 1 amide bonds. The Morgan fingerprint density at radius 3 is 2.66 bits per heavy atom. The molecule has 0 bridgehead atoms. The van der Waals surface area contributed by atoms with Crippen LogP contribution in [0.1, 0.15) is 10.4 Å². The first-order valence-corrected chi connectivity index (χ1v) is 8.49. The molecule has 6 nitrogen and oxygen atoms in total. The largest absolute Gasteiger partial charge is 0.508 e. The summed E-state index contributed by atoms with van der Waals surface area (Å²) in [6.45, 7) is 0. The van der Waals surface area contributed by atoms with E-state index in [1.54, 1.807) is 24.3 Å². The first kappa shape index (κ1) is 18.3. The number of pyridine rings is 1. The molecule has 29 heavy (non-hydrogen) atoms. The third-order valence-corrected chi connectivity index (χ3v) is 4.02. The predicted molar refractivity (Wildman–Crippen MR) is 102 cm³/mol. The number of rotatable bonds is 3. The molecule has 2 N–H and O–H groups in total. The highest BCUT2D eigenvalue weighted by Gasteiger charge is 2.14. The normalized spacial score (nSPS) is 11.6. The van der Waals surface area contributed by atoms with E-state index in [4.69, 9.17) is 4.42 Å². The number of carbonyl (C=O) groups is 1. The monoisotopic (exact) mass is 393 g/mol. The zero-order valence-electron chi connectivity index (χ0n) is 14.8. The third-order valence-electron chi connectivity index (χ3n) is 4.02. The second-order valence-corrected chi connectivity index (χ2v) is 6.07. The van der Waals surface area contributed by atoms with Gasteiger partial charge in [0.1, 0.15) is 22.7 Å². The van der Waals surface area contributed by atoms with E-state index in [0.717, 1.165) is 12.1 Å². The summed E-state index contributed by atoms with van der Waals surface area (Å²) in [5.74, 6) is -2.36. The molecule has 0 unspecified atom stereocenters. The standard InChI is InChI=1S/C21H13F2N3O3/c22-16-7-5-13(10-17(16)23)25-21-15(20(28)26-19-3-1-2-8-24-19)9-12-4-6-14(27)11-18(12)29-21/h1-11,27H,(H,24,26,28). The SMILES string of the molecule is O=C(Nc1ccccn1)c1cc2ccc(O)cc2oc1=Nc1ccc(F)c(F)c1. The Labute approximate surface area is 162 Å². The molecule has 0 fully saturated rings. The fourth-order valence-corrected chi connectivity index (χ4v) is 2.64. The molecule has 0 aliphatic carbocycles. The van der Waals surface area contributed by atoms with E-state index in [1.807, 2.05) is 0 Å². The summed E-state index contributed by atoms with van der Waals surface area (Å²) in [7, 11) is 0. The topological polar surface area (TPSA) is 87.7 Å². The Kier molecular flexibility index (Phi) is 4.74. The average molecular weight is 393 g/mol. The van der Waals surface area contributed by atoms with Crippen LogP contribution in [0, 0.1) is 11.6 Å². The number of phenolic OH excluding ortho intramolecular Hbond substituents is 1. The summed E-state index contributed by atoms with van der Waals surface area (Å²) in [5, 5.41) is 12.8. The van der Waals surface area contributed by atoms with Crippen molar-refractivity contribution in [1.82, 2.24) is 4.98 Å². The average Bonchev–Trinajstić information content (AvgIpc) is 2.71. The number of benzene rings is 2. The molecule has 8 heteroatoms. The van der Waals surface area contributed by atoms with Crippen molar-refractivity contribution in [3.05, 3.63) is 89.6 Å². The summed E-state index contributed by atoms with van der Waals surface area (Å²) in [6, 6.07) is 14.0. The minimum Gasteiger partial charge on any atom is -0.508 e. The molecule has 2 aromatic heterocycles. The maximum absolute atomic E-state index is 13.5. The maximum atomic E-state index is 13.5. The molecular weight excluding hydrogens is 380 g/mol. The van der Waals surface area contributed by atoms with Gasteiger partial charge in [-0.05, 0) is 42.5 Å². The Bertz CT molecular complexity index is 1290. The number of nitrogens with zero attached hydrogens (tertiary/aromatic N) is 2. The summed E-state index contributed by atoms with van der Waals surface area (Å²) < 4.78 is 32.4. The highest BCUT2D eigenvalue weighted by Crippen LogP contribution is 2.21. The lowest BCUT2D eigenvalue weighted by atomic mass is 10.1. The number of nitrogens with one attached hydrogen (secondary N) is 1. The quantitative estimate of drug-likeness (QED) is 0.543. The number of phenols is 1. The molecule has 0 aliphatic rings. The van der Waals surface area contributed by atoms with Gasteiger partial charge in [0.05, 0.1) is 5.69 Å². The number of carbonyl (C=O) groups excluding carboxylic acids is 1. The van der Waals surface area contributed by atoms with Crippen LogP contribution in [0.5, 0.6) is 5.75 Å². The van der Waals surface area contributed by atoms with E-state index in [-0.39, 0.29) is 28.1 Å². The number of hydrogen-bond donors (Lipinski definition) is 2. The Balaban J connectivity index is 1.87. The number of aromatic hydroxyl groups is 1. The van der Waals surface area contributed by atoms with E-state index in [1.165, 1.54) is 30.5 Å². The number of anilines is 1. The van der Waals surface area contributed by atoms with E-state index in [0.29, 0.717) is 11.2 Å². The maximum Gasteiger partial charge on any atom is 0.262 e. The van der Waals surface area contributed by atoms with Crippen LogP contribution in [0.2, 0.25) is 0 Å². The van der Waals surface area contributed by atoms with Crippen molar-refractivity contribution in [1.29, 1.82) is 0 Å². The minimum absolute atomic E-state index is 0.0364. The zero-order chi connectivity index (χ0) is 20.4. The molecular formula is C21H13F2N3O3. The predicted octanol–water partition coefficient (Wildman–Crippen LogP) is 4.30. The van der Waals surface area contributed by atoms with Crippen LogP contribution in [0.4, 0.5) is 20.3 Å². The molecule has 0 atom stereocenters. The Morgan fingerprint density at radius 2 is 1.90 bits per heavy atom. The Hall–Kier alpha value is -4.07. The van der Waals surface area contributed by atoms with E-state index < -0.39 is 17.5 Å². The van der Waals surface area contributed by atoms with E-state index in [2.05, 4.69) is 15.3 Å². The zero-order valence-corrected chi connectivity index (χ0v) is 14.8. The van der Waals surface area contributed by atoms with Gasteiger partial charge in [-0.2, -0.15) is 0 Å². The van der Waals surface area contributed by atoms with Crippen molar-refractivity contribution < 1.29 is 23.1 Å². The van der Waals surface area contributed by atoms with Gasteiger partial charge in [0, 0.05) is 23.7 Å². The highest BCUT2D eigenvalue weighted by atomic mass is 19.2. The molecule has 2 heterocycles. The van der Waals surface area contributed by atoms with Crippen molar-refractivity contribution in [2.45, 2.75) is 0 Å². The molecule has 4 rings (SSSR count). The van der Waals surface area contributed by atoms with Gasteiger partial charge in [-0.3, -0.25) is 4.79 Å². The van der Waals surface area contributed by atoms with Crippen LogP contribution < -0.4 is 10.9 Å². The molecule has 0 spiro atoms. The summed E-state index contributed by atoms with van der Waals surface area (Å²) in [6.07, 6.45) is 1.52. The van der Waals surface area contributed by atoms with Crippen LogP contribution in [0.25, 0.3) is 11.0 Å². The van der Waals surface area contributed by atoms with Crippen molar-refractivity contribution in [2.24, 2.45) is 4.99 Å². The van der Waals surface area contributed by atoms with Crippen molar-refractivity contribution >= 4 is 28.4 Å². The summed E-state index contributed by atoms with van der Waals surface area (Å²) in [4.78, 5) is 21.0. The van der Waals surface area contributed by atoms with Gasteiger partial charge in [-0.25, -0.2) is 18.8 Å². The lowest BCUT2D eigenvalue weighted by Crippen LogP contribution is -2.22. The van der Waals surface area contributed by atoms with E-state index in [9.17, 15) is 18.7 Å². The number of amides is 1. The van der Waals surface area contributed by atoms with Gasteiger partial charge >= 0.3 is 0 Å².